The maximum atomic E-state index is 10.1. The van der Waals surface area contributed by atoms with Crippen LogP contribution in [0, 0.1) is 0 Å². The number of hydrogen-bond donors (Lipinski definition) is 3. The fourth-order valence-corrected chi connectivity index (χ4v) is 1.18. The van der Waals surface area contributed by atoms with Crippen LogP contribution in [0.25, 0.3) is 0 Å². The highest BCUT2D eigenvalue weighted by Crippen LogP contribution is 2.44. The van der Waals surface area contributed by atoms with Crippen LogP contribution in [0.15, 0.2) is 0 Å². The predicted molar refractivity (Wildman–Crippen MR) is 40.2 cm³/mol. The summed E-state index contributed by atoms with van der Waals surface area (Å²) in [4.78, 5) is 10.1. The van der Waals surface area contributed by atoms with Crippen LogP contribution in [0.1, 0.15) is 6.92 Å². The summed E-state index contributed by atoms with van der Waals surface area (Å²) in [5.41, 5.74) is 0. The van der Waals surface area contributed by atoms with Crippen LogP contribution in [-0.4, -0.2) is 5.97 Å². The Hall–Kier alpha value is 0.130. The molecular formula is C2H10N3O2PS. The fraction of sp³-hybridized carbons (Fsp3) is 0.500. The second-order valence-electron chi connectivity index (χ2n) is 1.44. The first-order chi connectivity index (χ1) is 3.92. The molecule has 1 unspecified atom stereocenters. The van der Waals surface area contributed by atoms with Crippen LogP contribution >= 0.6 is 18.2 Å². The molecule has 0 spiro atoms. The van der Waals surface area contributed by atoms with E-state index in [1.165, 1.54) is 6.92 Å². The fourth-order valence-electron chi connectivity index (χ4n) is 0.131. The van der Waals surface area contributed by atoms with Gasteiger partial charge in [0.25, 0.3) is 0 Å². The molecule has 0 saturated carbocycles. The molecular weight excluding hydrogens is 161 g/mol. The Bertz CT molecular complexity index is 113. The van der Waals surface area contributed by atoms with Gasteiger partial charge in [0.1, 0.15) is 0 Å². The van der Waals surface area contributed by atoms with Crippen LogP contribution < -0.4 is 15.4 Å². The Labute approximate surface area is 56.6 Å². The largest absolute Gasteiger partial charge is 0.435 e. The van der Waals surface area contributed by atoms with E-state index in [1.54, 1.807) is 0 Å². The van der Waals surface area contributed by atoms with Crippen molar-refractivity contribution >= 4 is 24.2 Å². The quantitative estimate of drug-likeness (QED) is 0.485. The topological polar surface area (TPSA) is 104 Å². The van der Waals surface area contributed by atoms with Crippen molar-refractivity contribution in [1.82, 2.24) is 0 Å². The number of carbonyl (C=O) groups is 1. The number of rotatable bonds is 2. The summed E-state index contributed by atoms with van der Waals surface area (Å²) in [6, 6.07) is 0. The molecule has 0 saturated heterocycles. The monoisotopic (exact) mass is 171 g/mol. The van der Waals surface area contributed by atoms with Gasteiger partial charge in [-0.2, -0.15) is 0 Å². The molecule has 0 aromatic rings. The maximum Gasteiger partial charge on any atom is 0.305 e. The van der Waals surface area contributed by atoms with Crippen LogP contribution in [0.3, 0.4) is 0 Å². The van der Waals surface area contributed by atoms with Crippen molar-refractivity contribution in [1.29, 1.82) is 0 Å². The minimum absolute atomic E-state index is 0.311. The van der Waals surface area contributed by atoms with Gasteiger partial charge in [-0.1, -0.05) is 0 Å². The summed E-state index contributed by atoms with van der Waals surface area (Å²) < 4.78 is 4.46. The summed E-state index contributed by atoms with van der Waals surface area (Å²) >= 11 is 0. The third-order valence-electron chi connectivity index (χ3n) is 0.330. The molecule has 0 heterocycles. The molecule has 0 radical (unpaired) electrons. The molecule has 0 fully saturated rings. The molecule has 0 aliphatic rings. The van der Waals surface area contributed by atoms with E-state index in [-0.39, 0.29) is 8.01 Å². The highest BCUT2D eigenvalue weighted by molar-refractivity contribution is 8.68. The van der Waals surface area contributed by atoms with Crippen LogP contribution in [0.2, 0.25) is 0 Å². The Balaban J connectivity index is 3.39. The third-order valence-corrected chi connectivity index (χ3v) is 2.11. The summed E-state index contributed by atoms with van der Waals surface area (Å²) in [6.07, 6.45) is 0. The smallest absolute Gasteiger partial charge is 0.305 e. The lowest BCUT2D eigenvalue weighted by atomic mass is 10.9. The molecule has 0 bridgehead atoms. The second-order valence-corrected chi connectivity index (χ2v) is 5.95. The summed E-state index contributed by atoms with van der Waals surface area (Å²) in [6.45, 7) is 1.28. The normalized spacial score (nSPS) is 14.2. The van der Waals surface area contributed by atoms with Crippen molar-refractivity contribution in [3.63, 3.8) is 0 Å². The van der Waals surface area contributed by atoms with Gasteiger partial charge in [-0.15, -0.1) is 0 Å². The lowest BCUT2D eigenvalue weighted by Gasteiger charge is -2.21. The van der Waals surface area contributed by atoms with Gasteiger partial charge in [0.2, 0.25) is 0 Å². The van der Waals surface area contributed by atoms with E-state index in [0.29, 0.717) is 0 Å². The van der Waals surface area contributed by atoms with Crippen LogP contribution in [0.4, 0.5) is 0 Å². The molecule has 6 N–H and O–H groups in total. The molecule has 56 valence electrons. The van der Waals surface area contributed by atoms with Gasteiger partial charge in [0.05, 0.1) is 0 Å². The Morgan fingerprint density at radius 2 is 2.00 bits per heavy atom. The zero-order valence-electron chi connectivity index (χ0n) is 4.96. The summed E-state index contributed by atoms with van der Waals surface area (Å²) in [5, 5.41) is 15.5. The lowest BCUT2D eigenvalue weighted by Crippen LogP contribution is -2.23. The third kappa shape index (κ3) is 8.13. The molecule has 0 aromatic carbocycles. The molecule has 7 heteroatoms. The Morgan fingerprint density at radius 3 is 2.11 bits per heavy atom. The average Bonchev–Trinajstić information content (AvgIpc) is 1.59. The Morgan fingerprint density at radius 1 is 1.56 bits per heavy atom. The van der Waals surface area contributed by atoms with Crippen LogP contribution in [-0.2, 0) is 9.32 Å². The van der Waals surface area contributed by atoms with Crippen molar-refractivity contribution in [2.75, 3.05) is 0 Å². The van der Waals surface area contributed by atoms with E-state index in [9.17, 15) is 4.79 Å². The minimum Gasteiger partial charge on any atom is -0.435 e. The van der Waals surface area contributed by atoms with E-state index >= 15 is 0 Å². The molecule has 0 aromatic heterocycles. The first kappa shape index (κ1) is 9.13. The van der Waals surface area contributed by atoms with E-state index in [1.807, 2.05) is 0 Å². The molecule has 9 heavy (non-hydrogen) atoms. The highest BCUT2D eigenvalue weighted by Gasteiger charge is 2.06. The van der Waals surface area contributed by atoms with Gasteiger partial charge >= 0.3 is 5.97 Å². The van der Waals surface area contributed by atoms with Gasteiger partial charge in [-0.05, 0) is 10.2 Å². The van der Waals surface area contributed by atoms with Crippen LogP contribution in [0.5, 0.6) is 0 Å². The lowest BCUT2D eigenvalue weighted by molar-refractivity contribution is -0.130. The van der Waals surface area contributed by atoms with E-state index in [4.69, 9.17) is 15.4 Å². The predicted octanol–water partition coefficient (Wildman–Crippen LogP) is -0.516. The maximum absolute atomic E-state index is 10.1. The first-order valence-corrected chi connectivity index (χ1v) is 5.48. The second kappa shape index (κ2) is 3.34. The zero-order chi connectivity index (χ0) is 7.49. The minimum atomic E-state index is -2.13. The zero-order valence-corrected chi connectivity index (χ0v) is 6.77. The summed E-state index contributed by atoms with van der Waals surface area (Å²) in [7, 11) is -2.45. The number of hydrogen-bond acceptors (Lipinski definition) is 5. The van der Waals surface area contributed by atoms with Gasteiger partial charge < -0.3 is 4.52 Å². The standard InChI is InChI=1S/C2H10N3O2PS/c1-2(6)7-8-9(3,4)5/h8H,3-5H2,1H3. The molecule has 0 amide bonds. The Kier molecular flexibility index (Phi) is 3.38. The van der Waals surface area contributed by atoms with Gasteiger partial charge in [-0.3, -0.25) is 20.2 Å². The van der Waals surface area contributed by atoms with Gasteiger partial charge in [0, 0.05) is 6.92 Å². The first-order valence-electron chi connectivity index (χ1n) is 2.02. The van der Waals surface area contributed by atoms with E-state index in [2.05, 4.69) is 4.52 Å². The van der Waals surface area contributed by atoms with Crippen molar-refractivity contribution in [2.24, 2.45) is 15.4 Å². The van der Waals surface area contributed by atoms with E-state index in [0.717, 1.165) is 0 Å². The highest BCUT2D eigenvalue weighted by atomic mass is 32.8. The molecule has 0 aliphatic carbocycles. The van der Waals surface area contributed by atoms with Gasteiger partial charge in [0.15, 0.2) is 8.01 Å². The SMILES string of the molecule is CC(=O)OPS(N)(N)N. The molecule has 0 aliphatic heterocycles. The van der Waals surface area contributed by atoms with Crippen molar-refractivity contribution in [3.8, 4) is 0 Å². The van der Waals surface area contributed by atoms with Crippen molar-refractivity contribution in [3.05, 3.63) is 0 Å². The number of carbonyl (C=O) groups excluding carboxylic acids is 1. The van der Waals surface area contributed by atoms with E-state index < -0.39 is 16.2 Å². The molecule has 5 nitrogen and oxygen atoms in total. The molecule has 1 atom stereocenters. The molecule has 0 rings (SSSR count). The number of nitrogens with two attached hydrogens (primary N) is 3. The van der Waals surface area contributed by atoms with Crippen molar-refractivity contribution in [2.45, 2.75) is 6.92 Å². The van der Waals surface area contributed by atoms with Gasteiger partial charge in [-0.25, -0.2) is 0 Å². The van der Waals surface area contributed by atoms with Crippen molar-refractivity contribution < 1.29 is 9.32 Å². The average molecular weight is 171 g/mol. The summed E-state index contributed by atoms with van der Waals surface area (Å²) in [5.74, 6) is -0.411.